The average Bonchev–Trinajstić information content (AvgIpc) is 4.21. The van der Waals surface area contributed by atoms with Gasteiger partial charge in [-0.05, 0) is 112 Å². The molecule has 0 radical (unpaired) electrons. The van der Waals surface area contributed by atoms with Crippen LogP contribution in [0.4, 0.5) is 17.2 Å². The second kappa shape index (κ2) is 22.6. The van der Waals surface area contributed by atoms with E-state index >= 15 is 0 Å². The number of β-amino-alcohol motifs (C(OH)–C–C–N with tert-alkyl or cyclic N) is 1. The molecule has 8 heterocycles. The van der Waals surface area contributed by atoms with E-state index in [0.29, 0.717) is 59.8 Å². The van der Waals surface area contributed by atoms with Gasteiger partial charge in [0.2, 0.25) is 17.7 Å². The molecule has 2 aromatic carbocycles. The number of phenols is 1. The standard InChI is InChI=1S/C56H69N11O7S/c1-33(2)52(56(71)66-31-43(68)26-47(66)55(70)60-35(4)38-10-12-39(13-11-38)53-36(5)59-32-75-53)49-28-51(63-74-49)72-22-18-37-17-20-64(34(3)24-37)21-23-73-50-25-40(16-19-58-50)67-41-14-15-42(67)30-65(29-41)46-27-45(61-62-54(46)57)44-8-6-7-9-48(44)69/h6-13,16,19,25,27-28,32-35,37,41-43,47,52,68-69H,14-15,17-18,20-24,26,29-31H2,1-5H3,(H2,57,62)(H,60,70)/t34-,35+,37?,41?,42?,43-,47+,52?/m1/s1. The van der Waals surface area contributed by atoms with Crippen LogP contribution in [-0.2, 0) is 9.59 Å². The van der Waals surface area contributed by atoms with Crippen LogP contribution >= 0.6 is 11.3 Å². The number of piperazine rings is 1. The monoisotopic (exact) mass is 1040 g/mol. The van der Waals surface area contributed by atoms with Gasteiger partial charge in [-0.2, -0.15) is 0 Å². The van der Waals surface area contributed by atoms with Gasteiger partial charge < -0.3 is 50.0 Å². The number of fused-ring (bicyclic) bond motifs is 2. The number of pyridine rings is 1. The Morgan fingerprint density at radius 1 is 0.920 bits per heavy atom. The number of carbonyl (C=O) groups is 2. The van der Waals surface area contributed by atoms with Gasteiger partial charge in [0, 0.05) is 80.3 Å². The number of phenolic OH excluding ortho intramolecular Hbond substituents is 1. The maximum atomic E-state index is 14.3. The smallest absolute Gasteiger partial charge is 0.254 e. The molecule has 0 saturated carbocycles. The molecular formula is C56H69N11O7S. The number of anilines is 3. The summed E-state index contributed by atoms with van der Waals surface area (Å²) in [7, 11) is 0. The molecule has 8 atom stereocenters. The van der Waals surface area contributed by atoms with Gasteiger partial charge in [-0.3, -0.25) is 14.5 Å². The quantitative estimate of drug-likeness (QED) is 0.0650. The number of likely N-dealkylation sites (tertiary alicyclic amines) is 2. The van der Waals surface area contributed by atoms with Gasteiger partial charge in [0.1, 0.15) is 24.3 Å². The highest BCUT2D eigenvalue weighted by Crippen LogP contribution is 2.40. The lowest BCUT2D eigenvalue weighted by Gasteiger charge is -2.43. The SMILES string of the molecule is Cc1ncsc1-c1ccc([C@H](C)NC(=O)[C@@H]2C[C@@H](O)CN2C(=O)C(c2cc(OCCC3CCN(CCOc4cc(N5C6CCC5CN(c5cc(-c7ccccc7O)nnc5N)C6)ccn4)[C@H](C)C3)no2)C(C)C)cc1. The van der Waals surface area contributed by atoms with Crippen molar-refractivity contribution in [2.24, 2.45) is 11.8 Å². The summed E-state index contributed by atoms with van der Waals surface area (Å²) in [6.45, 7) is 14.4. The number of ether oxygens (including phenoxy) is 2. The minimum atomic E-state index is -0.827. The summed E-state index contributed by atoms with van der Waals surface area (Å²) in [5.41, 5.74) is 14.4. The Bertz CT molecular complexity index is 2920. The van der Waals surface area contributed by atoms with Crippen LogP contribution in [0.1, 0.15) is 95.2 Å². The molecule has 0 spiro atoms. The topological polar surface area (TPSA) is 222 Å². The van der Waals surface area contributed by atoms with Crippen molar-refractivity contribution in [1.29, 1.82) is 0 Å². The second-order valence-corrected chi connectivity index (χ2v) is 22.0. The number of carbonyl (C=O) groups excluding carboxylic acids is 2. The van der Waals surface area contributed by atoms with E-state index in [9.17, 15) is 19.8 Å². The van der Waals surface area contributed by atoms with Gasteiger partial charge in [0.05, 0.1) is 46.2 Å². The first-order valence-corrected chi connectivity index (χ1v) is 27.3. The Hall–Kier alpha value is -6.83. The third-order valence-electron chi connectivity index (χ3n) is 15.7. The highest BCUT2D eigenvalue weighted by molar-refractivity contribution is 7.13. The van der Waals surface area contributed by atoms with Crippen molar-refractivity contribution < 1.29 is 33.8 Å². The third kappa shape index (κ3) is 11.4. The summed E-state index contributed by atoms with van der Waals surface area (Å²) in [6, 6.07) is 22.8. The first-order chi connectivity index (χ1) is 36.3. The van der Waals surface area contributed by atoms with Gasteiger partial charge in [-0.1, -0.05) is 50.2 Å². The number of nitrogens with zero attached hydrogens (tertiary/aromatic N) is 9. The van der Waals surface area contributed by atoms with Crippen LogP contribution in [0.5, 0.6) is 17.5 Å². The molecule has 4 saturated heterocycles. The van der Waals surface area contributed by atoms with Gasteiger partial charge in [-0.25, -0.2) is 9.97 Å². The second-order valence-electron chi connectivity index (χ2n) is 21.1. The summed E-state index contributed by atoms with van der Waals surface area (Å²) in [6.07, 6.45) is 6.23. The molecule has 6 aromatic rings. The van der Waals surface area contributed by atoms with E-state index in [1.54, 1.807) is 29.5 Å². The maximum absolute atomic E-state index is 14.3. The van der Waals surface area contributed by atoms with Crippen molar-refractivity contribution in [3.63, 3.8) is 0 Å². The Morgan fingerprint density at radius 2 is 1.69 bits per heavy atom. The first kappa shape index (κ1) is 51.6. The van der Waals surface area contributed by atoms with Gasteiger partial charge in [0.15, 0.2) is 11.6 Å². The summed E-state index contributed by atoms with van der Waals surface area (Å²) >= 11 is 1.59. The number of aromatic nitrogens is 5. The number of hydrogen-bond donors (Lipinski definition) is 4. The number of aryl methyl sites for hydroxylation is 1. The molecule has 4 aliphatic rings. The number of aliphatic hydroxyl groups is 1. The molecule has 18 nitrogen and oxygen atoms in total. The van der Waals surface area contributed by atoms with Crippen LogP contribution in [0.15, 0.2) is 89.0 Å². The molecule has 0 aliphatic carbocycles. The largest absolute Gasteiger partial charge is 0.507 e. The van der Waals surface area contributed by atoms with E-state index in [0.717, 1.165) is 91.4 Å². The molecule has 75 heavy (non-hydrogen) atoms. The van der Waals surface area contributed by atoms with Crippen LogP contribution in [0.3, 0.4) is 0 Å². The van der Waals surface area contributed by atoms with Crippen molar-refractivity contribution in [1.82, 2.24) is 40.4 Å². The lowest BCUT2D eigenvalue weighted by atomic mass is 9.89. The molecule has 19 heteroatoms. The number of aromatic hydroxyl groups is 1. The van der Waals surface area contributed by atoms with Crippen molar-refractivity contribution >= 4 is 40.3 Å². The van der Waals surface area contributed by atoms with E-state index in [2.05, 4.69) is 64.4 Å². The van der Waals surface area contributed by atoms with Crippen molar-refractivity contribution in [2.45, 2.75) is 115 Å². The molecule has 2 amide bonds. The molecule has 10 rings (SSSR count). The fourth-order valence-electron chi connectivity index (χ4n) is 11.7. The number of amides is 2. The summed E-state index contributed by atoms with van der Waals surface area (Å²) in [4.78, 5) is 46.9. The number of hydrogen-bond acceptors (Lipinski definition) is 17. The minimum Gasteiger partial charge on any atom is -0.507 e. The fourth-order valence-corrected chi connectivity index (χ4v) is 12.5. The van der Waals surface area contributed by atoms with Crippen LogP contribution in [0, 0.1) is 18.8 Å². The van der Waals surface area contributed by atoms with Crippen molar-refractivity contribution in [3.05, 3.63) is 102 Å². The molecule has 5 N–H and O–H groups in total. The molecule has 396 valence electrons. The van der Waals surface area contributed by atoms with E-state index in [-0.39, 0.29) is 54.6 Å². The minimum absolute atomic E-state index is 0.0558. The van der Waals surface area contributed by atoms with Gasteiger partial charge >= 0.3 is 0 Å². The number of rotatable bonds is 18. The van der Waals surface area contributed by atoms with E-state index in [1.165, 1.54) is 4.90 Å². The lowest BCUT2D eigenvalue weighted by molar-refractivity contribution is -0.141. The van der Waals surface area contributed by atoms with Crippen molar-refractivity contribution in [2.75, 3.05) is 61.5 Å². The predicted octanol–water partition coefficient (Wildman–Crippen LogP) is 7.63. The zero-order valence-electron chi connectivity index (χ0n) is 43.4. The predicted molar refractivity (Wildman–Crippen MR) is 288 cm³/mol. The molecule has 4 aliphatic heterocycles. The molecule has 4 fully saturated rings. The van der Waals surface area contributed by atoms with Crippen LogP contribution in [0.25, 0.3) is 21.7 Å². The number of nitrogens with two attached hydrogens (primary N) is 1. The maximum Gasteiger partial charge on any atom is 0.254 e. The number of nitrogen functional groups attached to an aromatic ring is 1. The molecule has 4 unspecified atom stereocenters. The lowest BCUT2D eigenvalue weighted by Crippen LogP contribution is -2.54. The Kier molecular flexibility index (Phi) is 15.5. The number of aliphatic hydroxyl groups excluding tert-OH is 1. The molecular weight excluding hydrogens is 971 g/mol. The van der Waals surface area contributed by atoms with E-state index < -0.39 is 18.1 Å². The zero-order valence-corrected chi connectivity index (χ0v) is 44.2. The summed E-state index contributed by atoms with van der Waals surface area (Å²) < 4.78 is 18.2. The van der Waals surface area contributed by atoms with E-state index in [1.807, 2.05) is 81.9 Å². The molecule has 4 aromatic heterocycles. The van der Waals surface area contributed by atoms with Gasteiger partial charge in [0.25, 0.3) is 5.88 Å². The fraction of sp³-hybridized carbons (Fsp3) is 0.482. The Labute approximate surface area is 442 Å². The highest BCUT2D eigenvalue weighted by atomic mass is 32.1. The molecule has 2 bridgehead atoms. The zero-order chi connectivity index (χ0) is 52.3. The average molecular weight is 1040 g/mol. The number of piperidine rings is 1. The Balaban J connectivity index is 0.666. The van der Waals surface area contributed by atoms with Crippen molar-refractivity contribution in [3.8, 4) is 39.2 Å². The summed E-state index contributed by atoms with van der Waals surface area (Å²) in [5.74, 6) is 0.852. The Morgan fingerprint density at radius 3 is 2.43 bits per heavy atom. The third-order valence-corrected chi connectivity index (χ3v) is 16.7. The normalized spacial score (nSPS) is 22.6. The first-order valence-electron chi connectivity index (χ1n) is 26.4. The number of nitrogens with one attached hydrogen (secondary N) is 1. The van der Waals surface area contributed by atoms with Crippen LogP contribution < -0.4 is 30.3 Å². The summed E-state index contributed by atoms with van der Waals surface area (Å²) in [5, 5.41) is 37.0. The highest BCUT2D eigenvalue weighted by Gasteiger charge is 2.44. The number of thiazole rings is 1. The van der Waals surface area contributed by atoms with E-state index in [4.69, 9.17) is 19.7 Å². The van der Waals surface area contributed by atoms with Crippen LogP contribution in [0.2, 0.25) is 0 Å². The number of para-hydroxylation sites is 1. The van der Waals surface area contributed by atoms with Gasteiger partial charge in [-0.15, -0.1) is 21.5 Å². The van der Waals surface area contributed by atoms with Crippen LogP contribution in [-0.4, -0.2) is 133 Å². The number of benzene rings is 2.